The van der Waals surface area contributed by atoms with E-state index >= 15 is 0 Å². The molecule has 0 aliphatic rings. The number of nitrogens with one attached hydrogen (secondary N) is 1. The minimum Gasteiger partial charge on any atom is -0.381 e. The van der Waals surface area contributed by atoms with E-state index in [1.165, 1.54) is 6.07 Å². The normalized spacial score (nSPS) is 10.3. The summed E-state index contributed by atoms with van der Waals surface area (Å²) in [6.07, 6.45) is 0. The van der Waals surface area contributed by atoms with Crippen molar-refractivity contribution >= 4 is 38.9 Å². The van der Waals surface area contributed by atoms with Gasteiger partial charge in [-0.05, 0) is 36.2 Å². The highest BCUT2D eigenvalue weighted by molar-refractivity contribution is 9.10. The largest absolute Gasteiger partial charge is 0.381 e. The summed E-state index contributed by atoms with van der Waals surface area (Å²) < 4.78 is 0.979. The van der Waals surface area contributed by atoms with Crippen LogP contribution in [0.2, 0.25) is 5.02 Å². The third-order valence-electron chi connectivity index (χ3n) is 2.89. The Balaban J connectivity index is 2.17. The van der Waals surface area contributed by atoms with Crippen LogP contribution in [0, 0.1) is 17.0 Å². The molecular weight excluding hydrogens is 344 g/mol. The molecule has 2 aromatic carbocycles. The topological polar surface area (TPSA) is 55.2 Å². The maximum atomic E-state index is 10.8. The van der Waals surface area contributed by atoms with Crippen molar-refractivity contribution in [3.63, 3.8) is 0 Å². The maximum absolute atomic E-state index is 10.8. The van der Waals surface area contributed by atoms with Gasteiger partial charge in [-0.2, -0.15) is 0 Å². The standard InChI is InChI=1S/C14H12BrClN2O2/c1-9-2-4-11(15)7-13(9)17-8-10-3-5-12(16)14(6-10)18(19)20/h2-7,17H,8H2,1H3. The van der Waals surface area contributed by atoms with Gasteiger partial charge in [0.15, 0.2) is 0 Å². The van der Waals surface area contributed by atoms with E-state index in [4.69, 9.17) is 11.6 Å². The molecule has 0 heterocycles. The van der Waals surface area contributed by atoms with Crippen molar-refractivity contribution in [1.82, 2.24) is 0 Å². The highest BCUT2D eigenvalue weighted by Gasteiger charge is 2.12. The number of aryl methyl sites for hydroxylation is 1. The monoisotopic (exact) mass is 354 g/mol. The van der Waals surface area contributed by atoms with Crippen molar-refractivity contribution in [3.8, 4) is 0 Å². The first-order valence-corrected chi connectivity index (χ1v) is 7.07. The lowest BCUT2D eigenvalue weighted by molar-refractivity contribution is -0.384. The second-order valence-corrected chi connectivity index (χ2v) is 5.68. The molecule has 0 fully saturated rings. The fraction of sp³-hybridized carbons (Fsp3) is 0.143. The van der Waals surface area contributed by atoms with Crippen LogP contribution in [0.5, 0.6) is 0 Å². The summed E-state index contributed by atoms with van der Waals surface area (Å²) in [4.78, 5) is 10.4. The molecule has 0 aliphatic heterocycles. The van der Waals surface area contributed by atoms with E-state index in [0.29, 0.717) is 6.54 Å². The zero-order valence-electron chi connectivity index (χ0n) is 10.7. The second-order valence-electron chi connectivity index (χ2n) is 4.36. The fourth-order valence-electron chi connectivity index (χ4n) is 1.79. The summed E-state index contributed by atoms with van der Waals surface area (Å²) in [5.74, 6) is 0. The van der Waals surface area contributed by atoms with Crippen LogP contribution in [0.25, 0.3) is 0 Å². The number of anilines is 1. The van der Waals surface area contributed by atoms with Crippen molar-refractivity contribution in [3.05, 3.63) is 67.1 Å². The zero-order valence-corrected chi connectivity index (χ0v) is 13.0. The molecule has 0 amide bonds. The summed E-state index contributed by atoms with van der Waals surface area (Å²) in [7, 11) is 0. The minimum atomic E-state index is -0.476. The van der Waals surface area contributed by atoms with E-state index < -0.39 is 4.92 Å². The summed E-state index contributed by atoms with van der Waals surface area (Å²) >= 11 is 9.20. The first-order chi connectivity index (χ1) is 9.47. The summed E-state index contributed by atoms with van der Waals surface area (Å²) in [5.41, 5.74) is 2.83. The van der Waals surface area contributed by atoms with Crippen LogP contribution in [0.15, 0.2) is 40.9 Å². The lowest BCUT2D eigenvalue weighted by Crippen LogP contribution is -2.02. The molecule has 2 rings (SSSR count). The van der Waals surface area contributed by atoms with E-state index in [1.54, 1.807) is 12.1 Å². The quantitative estimate of drug-likeness (QED) is 0.625. The van der Waals surface area contributed by atoms with Crippen LogP contribution in [0.4, 0.5) is 11.4 Å². The lowest BCUT2D eigenvalue weighted by atomic mass is 10.1. The van der Waals surface area contributed by atoms with Gasteiger partial charge >= 0.3 is 0 Å². The molecule has 0 spiro atoms. The van der Waals surface area contributed by atoms with E-state index in [1.807, 2.05) is 25.1 Å². The molecule has 2 aromatic rings. The molecule has 0 atom stereocenters. The molecule has 1 N–H and O–H groups in total. The maximum Gasteiger partial charge on any atom is 0.288 e. The Labute approximate surface area is 130 Å². The molecule has 6 heteroatoms. The molecule has 0 bridgehead atoms. The average Bonchev–Trinajstić information content (AvgIpc) is 2.41. The van der Waals surface area contributed by atoms with Crippen LogP contribution in [0.3, 0.4) is 0 Å². The van der Waals surface area contributed by atoms with E-state index in [2.05, 4.69) is 21.2 Å². The SMILES string of the molecule is Cc1ccc(Br)cc1NCc1ccc(Cl)c([N+](=O)[O-])c1. The third kappa shape index (κ3) is 3.49. The Hall–Kier alpha value is -1.59. The van der Waals surface area contributed by atoms with Crippen LogP contribution in [-0.2, 0) is 6.54 Å². The van der Waals surface area contributed by atoms with Gasteiger partial charge in [-0.25, -0.2) is 0 Å². The Morgan fingerprint density at radius 1 is 1.30 bits per heavy atom. The predicted molar refractivity (Wildman–Crippen MR) is 84.3 cm³/mol. The molecule has 0 aromatic heterocycles. The molecule has 4 nitrogen and oxygen atoms in total. The van der Waals surface area contributed by atoms with Gasteiger partial charge in [0, 0.05) is 22.8 Å². The Morgan fingerprint density at radius 2 is 2.05 bits per heavy atom. The van der Waals surface area contributed by atoms with Crippen LogP contribution in [0.1, 0.15) is 11.1 Å². The first kappa shape index (κ1) is 14.8. The van der Waals surface area contributed by atoms with Gasteiger partial charge in [-0.3, -0.25) is 10.1 Å². The number of nitrogens with zero attached hydrogens (tertiary/aromatic N) is 1. The number of hydrogen-bond donors (Lipinski definition) is 1. The van der Waals surface area contributed by atoms with Crippen molar-refractivity contribution < 1.29 is 4.92 Å². The highest BCUT2D eigenvalue weighted by Crippen LogP contribution is 2.26. The molecule has 104 valence electrons. The number of nitro groups is 1. The van der Waals surface area contributed by atoms with E-state index in [9.17, 15) is 10.1 Å². The van der Waals surface area contributed by atoms with Crippen molar-refractivity contribution in [2.24, 2.45) is 0 Å². The number of benzene rings is 2. The molecule has 20 heavy (non-hydrogen) atoms. The molecule has 0 saturated carbocycles. The van der Waals surface area contributed by atoms with Crippen LogP contribution >= 0.6 is 27.5 Å². The van der Waals surface area contributed by atoms with Crippen LogP contribution < -0.4 is 5.32 Å². The predicted octanol–water partition coefficient (Wildman–Crippen LogP) is 4.93. The summed E-state index contributed by atoms with van der Waals surface area (Å²) in [5, 5.41) is 14.3. The number of rotatable bonds is 4. The third-order valence-corrected chi connectivity index (χ3v) is 3.70. The summed E-state index contributed by atoms with van der Waals surface area (Å²) in [6.45, 7) is 2.49. The fourth-order valence-corrected chi connectivity index (χ4v) is 2.34. The number of hydrogen-bond acceptors (Lipinski definition) is 3. The summed E-state index contributed by atoms with van der Waals surface area (Å²) in [6, 6.07) is 10.7. The van der Waals surface area contributed by atoms with Gasteiger partial charge < -0.3 is 5.32 Å². The van der Waals surface area contributed by atoms with Crippen molar-refractivity contribution in [2.45, 2.75) is 13.5 Å². The van der Waals surface area contributed by atoms with Gasteiger partial charge in [0.2, 0.25) is 0 Å². The first-order valence-electron chi connectivity index (χ1n) is 5.90. The molecular formula is C14H12BrClN2O2. The van der Waals surface area contributed by atoms with E-state index in [-0.39, 0.29) is 10.7 Å². The lowest BCUT2D eigenvalue weighted by Gasteiger charge is -2.10. The second kappa shape index (κ2) is 6.24. The van der Waals surface area contributed by atoms with Crippen LogP contribution in [-0.4, -0.2) is 4.92 Å². The molecule has 0 saturated heterocycles. The van der Waals surface area contributed by atoms with Gasteiger partial charge in [0.25, 0.3) is 5.69 Å². The number of halogens is 2. The van der Waals surface area contributed by atoms with Gasteiger partial charge in [0.05, 0.1) is 4.92 Å². The molecule has 0 unspecified atom stereocenters. The highest BCUT2D eigenvalue weighted by atomic mass is 79.9. The number of nitro benzene ring substituents is 1. The molecule has 0 aliphatic carbocycles. The van der Waals surface area contributed by atoms with Gasteiger partial charge in [-0.15, -0.1) is 0 Å². The Bertz CT molecular complexity index is 662. The molecule has 0 radical (unpaired) electrons. The smallest absolute Gasteiger partial charge is 0.288 e. The zero-order chi connectivity index (χ0) is 14.7. The minimum absolute atomic E-state index is 0.0723. The van der Waals surface area contributed by atoms with Crippen molar-refractivity contribution in [1.29, 1.82) is 0 Å². The average molecular weight is 356 g/mol. The van der Waals surface area contributed by atoms with E-state index in [0.717, 1.165) is 21.3 Å². The Kier molecular flexibility index (Phi) is 4.62. The van der Waals surface area contributed by atoms with Crippen molar-refractivity contribution in [2.75, 3.05) is 5.32 Å². The Morgan fingerprint density at radius 3 is 2.75 bits per heavy atom. The van der Waals surface area contributed by atoms with Gasteiger partial charge in [-0.1, -0.05) is 39.7 Å². The van der Waals surface area contributed by atoms with Gasteiger partial charge in [0.1, 0.15) is 5.02 Å².